The van der Waals surface area contributed by atoms with Crippen molar-refractivity contribution >= 4 is 17.8 Å². The molecule has 0 atom stereocenters. The Kier molecular flexibility index (Phi) is 5.70. The van der Waals surface area contributed by atoms with E-state index in [9.17, 15) is 0 Å². The third-order valence-corrected chi connectivity index (χ3v) is 4.99. The monoisotopic (exact) mass is 358 g/mol. The van der Waals surface area contributed by atoms with Crippen LogP contribution in [-0.2, 0) is 12.2 Å². The standard InChI is InChI=1S/C17H22N6OS/c1-12-15(13(2)20-19-12)5-4-10-23(3)17-22-21-16(24-17)11-25-14-6-8-18-9-7-14/h6-9H,4-5,10-11H2,1-3H3,(H,19,20). The molecule has 8 heteroatoms. The molecule has 0 aliphatic carbocycles. The molecule has 0 bridgehead atoms. The quantitative estimate of drug-likeness (QED) is 0.619. The Morgan fingerprint density at radius 1 is 1.20 bits per heavy atom. The molecule has 0 spiro atoms. The predicted molar refractivity (Wildman–Crippen MR) is 97.7 cm³/mol. The van der Waals surface area contributed by atoms with Gasteiger partial charge in [-0.2, -0.15) is 5.10 Å². The number of aryl methyl sites for hydroxylation is 2. The SMILES string of the molecule is Cc1n[nH]c(C)c1CCCN(C)c1nnc(CSc2ccncc2)o1. The molecule has 3 heterocycles. The van der Waals surface area contributed by atoms with Gasteiger partial charge in [0.2, 0.25) is 5.89 Å². The number of thioether (sulfide) groups is 1. The summed E-state index contributed by atoms with van der Waals surface area (Å²) in [6, 6.07) is 4.49. The Morgan fingerprint density at radius 3 is 2.72 bits per heavy atom. The summed E-state index contributed by atoms with van der Waals surface area (Å²) < 4.78 is 5.75. The van der Waals surface area contributed by atoms with Crippen molar-refractivity contribution in [2.75, 3.05) is 18.5 Å². The molecule has 0 aromatic carbocycles. The highest BCUT2D eigenvalue weighted by Crippen LogP contribution is 2.22. The number of aromatic nitrogens is 5. The van der Waals surface area contributed by atoms with E-state index in [-0.39, 0.29) is 0 Å². The Hall–Kier alpha value is -2.35. The average molecular weight is 358 g/mol. The van der Waals surface area contributed by atoms with E-state index in [0.29, 0.717) is 17.7 Å². The molecule has 0 fully saturated rings. The summed E-state index contributed by atoms with van der Waals surface area (Å²) in [4.78, 5) is 7.14. The van der Waals surface area contributed by atoms with Crippen molar-refractivity contribution in [1.29, 1.82) is 0 Å². The van der Waals surface area contributed by atoms with Crippen molar-refractivity contribution in [3.05, 3.63) is 47.4 Å². The first-order valence-electron chi connectivity index (χ1n) is 8.20. The fraction of sp³-hybridized carbons (Fsp3) is 0.412. The van der Waals surface area contributed by atoms with Gasteiger partial charge in [-0.05, 0) is 44.4 Å². The van der Waals surface area contributed by atoms with E-state index in [0.717, 1.165) is 35.7 Å². The summed E-state index contributed by atoms with van der Waals surface area (Å²) >= 11 is 1.65. The number of pyridine rings is 1. The molecule has 0 saturated heterocycles. The highest BCUT2D eigenvalue weighted by atomic mass is 32.2. The van der Waals surface area contributed by atoms with Crippen LogP contribution in [-0.4, -0.2) is 39.0 Å². The van der Waals surface area contributed by atoms with E-state index in [1.807, 2.05) is 31.0 Å². The number of hydrogen-bond acceptors (Lipinski definition) is 7. The third-order valence-electron chi connectivity index (χ3n) is 4.00. The molecule has 1 N–H and O–H groups in total. The number of hydrogen-bond donors (Lipinski definition) is 1. The van der Waals surface area contributed by atoms with Gasteiger partial charge in [-0.15, -0.1) is 16.9 Å². The number of H-pyrrole nitrogens is 1. The van der Waals surface area contributed by atoms with Crippen molar-refractivity contribution in [3.8, 4) is 0 Å². The molecule has 0 aliphatic rings. The van der Waals surface area contributed by atoms with Crippen LogP contribution in [0.4, 0.5) is 6.01 Å². The minimum Gasteiger partial charge on any atom is -0.407 e. The Bertz CT molecular complexity index is 781. The number of nitrogens with one attached hydrogen (secondary N) is 1. The molecule has 7 nitrogen and oxygen atoms in total. The van der Waals surface area contributed by atoms with Gasteiger partial charge in [0.1, 0.15) is 0 Å². The zero-order valence-electron chi connectivity index (χ0n) is 14.7. The van der Waals surface area contributed by atoms with Crippen LogP contribution in [0.1, 0.15) is 29.3 Å². The van der Waals surface area contributed by atoms with Crippen molar-refractivity contribution in [2.24, 2.45) is 0 Å². The van der Waals surface area contributed by atoms with Crippen molar-refractivity contribution in [1.82, 2.24) is 25.4 Å². The van der Waals surface area contributed by atoms with Crippen molar-refractivity contribution in [2.45, 2.75) is 37.3 Å². The smallest absolute Gasteiger partial charge is 0.317 e. The van der Waals surface area contributed by atoms with Crippen molar-refractivity contribution < 1.29 is 4.42 Å². The molecule has 132 valence electrons. The topological polar surface area (TPSA) is 83.7 Å². The van der Waals surface area contributed by atoms with E-state index in [1.54, 1.807) is 24.2 Å². The first kappa shape index (κ1) is 17.5. The first-order valence-corrected chi connectivity index (χ1v) is 9.19. The molecule has 0 radical (unpaired) electrons. The van der Waals surface area contributed by atoms with Crippen LogP contribution >= 0.6 is 11.8 Å². The molecule has 3 rings (SSSR count). The highest BCUT2D eigenvalue weighted by Gasteiger charge is 2.12. The second-order valence-electron chi connectivity index (χ2n) is 5.89. The average Bonchev–Trinajstić information content (AvgIpc) is 3.22. The molecule has 0 amide bonds. The van der Waals surface area contributed by atoms with Gasteiger partial charge in [0, 0.05) is 36.6 Å². The maximum Gasteiger partial charge on any atom is 0.317 e. The first-order chi connectivity index (χ1) is 12.1. The Labute approximate surface area is 151 Å². The van der Waals surface area contributed by atoms with E-state index < -0.39 is 0 Å². The fourth-order valence-corrected chi connectivity index (χ4v) is 3.29. The number of nitrogens with zero attached hydrogens (tertiary/aromatic N) is 5. The van der Waals surface area contributed by atoms with E-state index >= 15 is 0 Å². The van der Waals surface area contributed by atoms with Gasteiger partial charge in [-0.25, -0.2) is 0 Å². The highest BCUT2D eigenvalue weighted by molar-refractivity contribution is 7.98. The minimum atomic E-state index is 0.561. The van der Waals surface area contributed by atoms with Gasteiger partial charge >= 0.3 is 6.01 Å². The summed E-state index contributed by atoms with van der Waals surface area (Å²) in [5.74, 6) is 1.28. The third kappa shape index (κ3) is 4.60. The summed E-state index contributed by atoms with van der Waals surface area (Å²) in [6.07, 6.45) is 5.54. The summed E-state index contributed by atoms with van der Waals surface area (Å²) in [5, 5.41) is 15.5. The lowest BCUT2D eigenvalue weighted by Crippen LogP contribution is -2.19. The normalized spacial score (nSPS) is 11.0. The molecule has 3 aromatic rings. The van der Waals surface area contributed by atoms with Crippen LogP contribution in [0, 0.1) is 13.8 Å². The lowest BCUT2D eigenvalue weighted by molar-refractivity contribution is 0.506. The van der Waals surface area contributed by atoms with Crippen LogP contribution in [0.2, 0.25) is 0 Å². The van der Waals surface area contributed by atoms with Crippen LogP contribution in [0.15, 0.2) is 33.8 Å². The van der Waals surface area contributed by atoms with Gasteiger partial charge in [-0.1, -0.05) is 5.10 Å². The minimum absolute atomic E-state index is 0.561. The summed E-state index contributed by atoms with van der Waals surface area (Å²) in [5.41, 5.74) is 3.52. The van der Waals surface area contributed by atoms with Gasteiger partial charge < -0.3 is 9.32 Å². The van der Waals surface area contributed by atoms with Crippen LogP contribution in [0.3, 0.4) is 0 Å². The molecule has 0 unspecified atom stereocenters. The zero-order valence-corrected chi connectivity index (χ0v) is 15.5. The van der Waals surface area contributed by atoms with E-state index in [2.05, 4.69) is 32.3 Å². The van der Waals surface area contributed by atoms with Gasteiger partial charge in [0.15, 0.2) is 0 Å². The maximum absolute atomic E-state index is 5.75. The van der Waals surface area contributed by atoms with E-state index in [1.165, 1.54) is 5.56 Å². The number of rotatable bonds is 8. The maximum atomic E-state index is 5.75. The predicted octanol–water partition coefficient (Wildman–Crippen LogP) is 3.17. The number of aromatic amines is 1. The van der Waals surface area contributed by atoms with Crippen LogP contribution in [0.25, 0.3) is 0 Å². The Morgan fingerprint density at radius 2 is 2.00 bits per heavy atom. The molecule has 0 saturated carbocycles. The van der Waals surface area contributed by atoms with Gasteiger partial charge in [0.25, 0.3) is 0 Å². The van der Waals surface area contributed by atoms with E-state index in [4.69, 9.17) is 4.42 Å². The fourth-order valence-electron chi connectivity index (χ4n) is 2.57. The Balaban J connectivity index is 1.48. The van der Waals surface area contributed by atoms with Crippen molar-refractivity contribution in [3.63, 3.8) is 0 Å². The molecule has 25 heavy (non-hydrogen) atoms. The molecular formula is C17H22N6OS. The molecular weight excluding hydrogens is 336 g/mol. The largest absolute Gasteiger partial charge is 0.407 e. The zero-order chi connectivity index (χ0) is 17.6. The lowest BCUT2D eigenvalue weighted by Gasteiger charge is -2.13. The number of anilines is 1. The van der Waals surface area contributed by atoms with Crippen LogP contribution in [0.5, 0.6) is 0 Å². The molecule has 0 aliphatic heterocycles. The van der Waals surface area contributed by atoms with Crippen LogP contribution < -0.4 is 4.90 Å². The van der Waals surface area contributed by atoms with Gasteiger partial charge in [0.05, 0.1) is 11.4 Å². The second-order valence-corrected chi connectivity index (χ2v) is 6.94. The summed E-state index contributed by atoms with van der Waals surface area (Å²) in [6.45, 7) is 4.94. The van der Waals surface area contributed by atoms with Gasteiger partial charge in [-0.3, -0.25) is 10.1 Å². The molecule has 3 aromatic heterocycles. The lowest BCUT2D eigenvalue weighted by atomic mass is 10.1. The second kappa shape index (κ2) is 8.15. The summed E-state index contributed by atoms with van der Waals surface area (Å²) in [7, 11) is 1.97.